The second kappa shape index (κ2) is 10.00. The van der Waals surface area contributed by atoms with Gasteiger partial charge in [-0.05, 0) is 108 Å². The van der Waals surface area contributed by atoms with Crippen LogP contribution in [0.1, 0.15) is 62.3 Å². The Labute approximate surface area is 201 Å². The Morgan fingerprint density at radius 2 is 0.912 bits per heavy atom. The van der Waals surface area contributed by atoms with Crippen molar-refractivity contribution in [2.24, 2.45) is 0 Å². The van der Waals surface area contributed by atoms with Crippen LogP contribution in [0.25, 0.3) is 0 Å². The van der Waals surface area contributed by atoms with Crippen LogP contribution in [0.5, 0.6) is 0 Å². The lowest BCUT2D eigenvalue weighted by Crippen LogP contribution is -2.23. The van der Waals surface area contributed by atoms with E-state index in [9.17, 15) is 9.59 Å². The average molecular weight is 461 g/mol. The van der Waals surface area contributed by atoms with E-state index in [4.69, 9.17) is 9.47 Å². The molecule has 0 aromatic heterocycles. The molecule has 0 aliphatic rings. The zero-order valence-electron chi connectivity index (χ0n) is 20.6. The van der Waals surface area contributed by atoms with Gasteiger partial charge < -0.3 is 20.1 Å². The Hall–Kier alpha value is -3.80. The molecule has 0 saturated carbocycles. The molecule has 178 valence electrons. The van der Waals surface area contributed by atoms with Crippen LogP contribution in [0, 0.1) is 0 Å². The van der Waals surface area contributed by atoms with E-state index in [2.05, 4.69) is 10.6 Å². The third kappa shape index (κ3) is 7.66. The molecule has 0 heterocycles. The topological polar surface area (TPSA) is 76.7 Å². The number of anilines is 4. The Balaban J connectivity index is 1.63. The molecule has 0 aliphatic heterocycles. The summed E-state index contributed by atoms with van der Waals surface area (Å²) in [5.41, 5.74) is 3.43. The van der Waals surface area contributed by atoms with Gasteiger partial charge in [0, 0.05) is 22.7 Å². The van der Waals surface area contributed by atoms with Crippen molar-refractivity contribution in [2.75, 3.05) is 10.6 Å². The molecule has 0 unspecified atom stereocenters. The highest BCUT2D eigenvalue weighted by molar-refractivity contribution is 5.91. The van der Waals surface area contributed by atoms with Crippen LogP contribution in [-0.2, 0) is 9.47 Å². The van der Waals surface area contributed by atoms with E-state index in [1.807, 2.05) is 90.1 Å². The van der Waals surface area contributed by atoms with E-state index >= 15 is 0 Å². The third-order valence-corrected chi connectivity index (χ3v) is 4.48. The van der Waals surface area contributed by atoms with Gasteiger partial charge >= 0.3 is 11.9 Å². The van der Waals surface area contributed by atoms with Gasteiger partial charge in [-0.2, -0.15) is 0 Å². The van der Waals surface area contributed by atoms with E-state index in [0.29, 0.717) is 11.1 Å². The molecule has 0 atom stereocenters. The summed E-state index contributed by atoms with van der Waals surface area (Å²) in [6, 6.07) is 22.2. The number of hydrogen-bond donors (Lipinski definition) is 2. The maximum Gasteiger partial charge on any atom is 0.338 e. The monoisotopic (exact) mass is 460 g/mol. The Kier molecular flexibility index (Phi) is 7.30. The number of esters is 2. The van der Waals surface area contributed by atoms with Gasteiger partial charge in [0.1, 0.15) is 11.2 Å². The van der Waals surface area contributed by atoms with Crippen molar-refractivity contribution in [3.8, 4) is 0 Å². The second-order valence-electron chi connectivity index (χ2n) is 9.99. The van der Waals surface area contributed by atoms with Gasteiger partial charge in [-0.1, -0.05) is 6.07 Å². The van der Waals surface area contributed by atoms with E-state index in [0.717, 1.165) is 22.7 Å². The van der Waals surface area contributed by atoms with Crippen molar-refractivity contribution in [2.45, 2.75) is 52.7 Å². The fraction of sp³-hybridized carbons (Fsp3) is 0.286. The Bertz CT molecular complexity index is 1050. The van der Waals surface area contributed by atoms with Crippen LogP contribution < -0.4 is 10.6 Å². The van der Waals surface area contributed by atoms with Crippen LogP contribution in [0.15, 0.2) is 72.8 Å². The number of rotatable bonds is 6. The van der Waals surface area contributed by atoms with Crippen LogP contribution in [0.3, 0.4) is 0 Å². The van der Waals surface area contributed by atoms with Gasteiger partial charge in [-0.3, -0.25) is 0 Å². The summed E-state index contributed by atoms with van der Waals surface area (Å²) in [7, 11) is 0. The van der Waals surface area contributed by atoms with Gasteiger partial charge in [-0.15, -0.1) is 0 Å². The summed E-state index contributed by atoms with van der Waals surface area (Å²) < 4.78 is 10.8. The average Bonchev–Trinajstić information content (AvgIpc) is 2.72. The first-order valence-electron chi connectivity index (χ1n) is 11.2. The van der Waals surface area contributed by atoms with Crippen molar-refractivity contribution in [3.63, 3.8) is 0 Å². The lowest BCUT2D eigenvalue weighted by molar-refractivity contribution is 0.00570. The predicted octanol–water partition coefficient (Wildman–Crippen LogP) is 7.08. The Morgan fingerprint density at radius 3 is 1.24 bits per heavy atom. The van der Waals surface area contributed by atoms with Gasteiger partial charge in [0.15, 0.2) is 0 Å². The SMILES string of the molecule is CC(C)(C)OC(=O)c1ccc(Nc2cccc(Nc3ccc(C(=O)OC(C)(C)C)cc3)c2)cc1. The molecule has 0 radical (unpaired) electrons. The molecular formula is C28H32N2O4. The number of benzene rings is 3. The van der Waals surface area contributed by atoms with Gasteiger partial charge in [-0.25, -0.2) is 9.59 Å². The molecule has 6 nitrogen and oxygen atoms in total. The lowest BCUT2D eigenvalue weighted by Gasteiger charge is -2.19. The van der Waals surface area contributed by atoms with Crippen LogP contribution in [0.4, 0.5) is 22.7 Å². The molecular weight excluding hydrogens is 428 g/mol. The fourth-order valence-corrected chi connectivity index (χ4v) is 3.06. The number of nitrogens with one attached hydrogen (secondary N) is 2. The second-order valence-corrected chi connectivity index (χ2v) is 9.99. The highest BCUT2D eigenvalue weighted by atomic mass is 16.6. The maximum atomic E-state index is 12.2. The molecule has 34 heavy (non-hydrogen) atoms. The molecule has 0 saturated heterocycles. The van der Waals surface area contributed by atoms with Gasteiger partial charge in [0.2, 0.25) is 0 Å². The molecule has 0 bridgehead atoms. The first kappa shape index (κ1) is 24.8. The van der Waals surface area contributed by atoms with Crippen LogP contribution in [0.2, 0.25) is 0 Å². The molecule has 3 aromatic carbocycles. The smallest absolute Gasteiger partial charge is 0.338 e. The maximum absolute atomic E-state index is 12.2. The first-order valence-corrected chi connectivity index (χ1v) is 11.2. The van der Waals surface area contributed by atoms with E-state index in [1.165, 1.54) is 0 Å². The molecule has 2 N–H and O–H groups in total. The van der Waals surface area contributed by atoms with E-state index in [-0.39, 0.29) is 11.9 Å². The van der Waals surface area contributed by atoms with Crippen LogP contribution >= 0.6 is 0 Å². The van der Waals surface area contributed by atoms with Crippen molar-refractivity contribution >= 4 is 34.7 Å². The van der Waals surface area contributed by atoms with Gasteiger partial charge in [0.05, 0.1) is 11.1 Å². The quantitative estimate of drug-likeness (QED) is 0.383. The van der Waals surface area contributed by atoms with E-state index < -0.39 is 11.2 Å². The number of ether oxygens (including phenoxy) is 2. The molecule has 0 aliphatic carbocycles. The summed E-state index contributed by atoms with van der Waals surface area (Å²) in [6.45, 7) is 11.1. The van der Waals surface area contributed by atoms with Crippen molar-refractivity contribution in [3.05, 3.63) is 83.9 Å². The standard InChI is InChI=1S/C28H32N2O4/c1-27(2,3)33-25(31)19-10-14-21(15-11-19)29-23-8-7-9-24(18-23)30-22-16-12-20(13-17-22)26(32)34-28(4,5)6/h7-18,29-30H,1-6H3. The first-order chi connectivity index (χ1) is 15.9. The molecule has 3 rings (SSSR count). The highest BCUT2D eigenvalue weighted by Gasteiger charge is 2.18. The minimum Gasteiger partial charge on any atom is -0.456 e. The summed E-state index contributed by atoms with van der Waals surface area (Å²) in [5.74, 6) is -0.689. The molecule has 0 amide bonds. The van der Waals surface area contributed by atoms with E-state index in [1.54, 1.807) is 24.3 Å². The Morgan fingerprint density at radius 1 is 0.559 bits per heavy atom. The minimum atomic E-state index is -0.530. The summed E-state index contributed by atoms with van der Waals surface area (Å²) in [6.07, 6.45) is 0. The van der Waals surface area contributed by atoms with Crippen molar-refractivity contribution < 1.29 is 19.1 Å². The largest absolute Gasteiger partial charge is 0.456 e. The van der Waals surface area contributed by atoms with Crippen LogP contribution in [-0.4, -0.2) is 23.1 Å². The zero-order valence-corrected chi connectivity index (χ0v) is 20.6. The normalized spacial score (nSPS) is 11.5. The predicted molar refractivity (Wildman–Crippen MR) is 136 cm³/mol. The molecule has 0 fully saturated rings. The van der Waals surface area contributed by atoms with Crippen molar-refractivity contribution in [1.82, 2.24) is 0 Å². The summed E-state index contributed by atoms with van der Waals surface area (Å²) >= 11 is 0. The lowest BCUT2D eigenvalue weighted by atomic mass is 10.1. The van der Waals surface area contributed by atoms with Crippen molar-refractivity contribution in [1.29, 1.82) is 0 Å². The molecule has 3 aromatic rings. The molecule has 6 heteroatoms. The number of carbonyl (C=O) groups is 2. The summed E-state index contributed by atoms with van der Waals surface area (Å²) in [4.78, 5) is 24.4. The number of hydrogen-bond acceptors (Lipinski definition) is 6. The fourth-order valence-electron chi connectivity index (χ4n) is 3.06. The zero-order chi connectivity index (χ0) is 24.9. The molecule has 0 spiro atoms. The third-order valence-electron chi connectivity index (χ3n) is 4.48. The minimum absolute atomic E-state index is 0.345. The summed E-state index contributed by atoms with van der Waals surface area (Å²) in [5, 5.41) is 6.67. The number of carbonyl (C=O) groups excluding carboxylic acids is 2. The van der Waals surface area contributed by atoms with Gasteiger partial charge in [0.25, 0.3) is 0 Å². The highest BCUT2D eigenvalue weighted by Crippen LogP contribution is 2.24.